The van der Waals surface area contributed by atoms with Crippen LogP contribution in [0.1, 0.15) is 23.7 Å². The van der Waals surface area contributed by atoms with E-state index in [1.165, 1.54) is 19.1 Å². The van der Waals surface area contributed by atoms with E-state index in [-0.39, 0.29) is 40.4 Å². The number of amides is 1. The number of fused-ring (bicyclic) bond motifs is 1. The summed E-state index contributed by atoms with van der Waals surface area (Å²) in [7, 11) is 1.15. The molecule has 8 nitrogen and oxygen atoms in total. The second-order valence-electron chi connectivity index (χ2n) is 7.58. The van der Waals surface area contributed by atoms with Crippen LogP contribution in [-0.2, 0) is 17.5 Å². The molecule has 2 aromatic carbocycles. The molecule has 0 aliphatic carbocycles. The van der Waals surface area contributed by atoms with Crippen LogP contribution in [-0.4, -0.2) is 28.0 Å². The molecule has 1 N–H and O–H groups in total. The van der Waals surface area contributed by atoms with E-state index < -0.39 is 17.3 Å². The van der Waals surface area contributed by atoms with Gasteiger partial charge in [-0.3, -0.25) is 9.59 Å². The smallest absolute Gasteiger partial charge is 0.419 e. The molecule has 0 unspecified atom stereocenters. The minimum Gasteiger partial charge on any atom is -0.496 e. The average Bonchev–Trinajstić information content (AvgIpc) is 3.16. The van der Waals surface area contributed by atoms with Crippen LogP contribution in [0.5, 0.6) is 5.75 Å². The zero-order valence-electron chi connectivity index (χ0n) is 18.4. The Labute approximate surface area is 190 Å². The van der Waals surface area contributed by atoms with Gasteiger partial charge in [0, 0.05) is 18.2 Å². The van der Waals surface area contributed by atoms with Gasteiger partial charge in [-0.2, -0.15) is 18.3 Å². The number of aromatic nitrogens is 3. The summed E-state index contributed by atoms with van der Waals surface area (Å²) >= 11 is 0. The number of carbonyl (C=O) groups is 1. The van der Waals surface area contributed by atoms with E-state index in [0.717, 1.165) is 17.9 Å². The minimum atomic E-state index is -4.63. The van der Waals surface area contributed by atoms with Crippen LogP contribution < -0.4 is 15.6 Å². The summed E-state index contributed by atoms with van der Waals surface area (Å²) in [6, 6.07) is 10.3. The second-order valence-corrected chi connectivity index (χ2v) is 7.58. The van der Waals surface area contributed by atoms with Crippen molar-refractivity contribution in [2.24, 2.45) is 0 Å². The fraction of sp³-hybridized carbons (Fsp3) is 0.217. The maximum Gasteiger partial charge on any atom is 0.419 e. The lowest BCUT2D eigenvalue weighted by Crippen LogP contribution is -2.24. The molecule has 4 aromatic rings. The van der Waals surface area contributed by atoms with E-state index in [1.807, 2.05) is 0 Å². The molecule has 0 bridgehead atoms. The van der Waals surface area contributed by atoms with Gasteiger partial charge in [0.1, 0.15) is 16.8 Å². The molecule has 0 saturated carbocycles. The van der Waals surface area contributed by atoms with Gasteiger partial charge >= 0.3 is 6.18 Å². The molecule has 0 fully saturated rings. The van der Waals surface area contributed by atoms with Gasteiger partial charge in [0.25, 0.3) is 5.56 Å². The third-order valence-electron chi connectivity index (χ3n) is 5.10. The van der Waals surface area contributed by atoms with Crippen LogP contribution in [0, 0.1) is 6.92 Å². The first kappa shape index (κ1) is 23.0. The van der Waals surface area contributed by atoms with Crippen LogP contribution >= 0.6 is 0 Å². The summed E-state index contributed by atoms with van der Waals surface area (Å²) < 4.78 is 51.6. The molecule has 0 spiro atoms. The fourth-order valence-corrected chi connectivity index (χ4v) is 3.62. The van der Waals surface area contributed by atoms with Crippen LogP contribution in [0.4, 0.5) is 18.9 Å². The van der Waals surface area contributed by atoms with Crippen molar-refractivity contribution in [2.45, 2.75) is 26.6 Å². The van der Waals surface area contributed by atoms with Gasteiger partial charge in [0.2, 0.25) is 11.5 Å². The molecule has 0 aliphatic rings. The second kappa shape index (κ2) is 8.65. The predicted octanol–water partition coefficient (Wildman–Crippen LogP) is 4.39. The average molecular weight is 472 g/mol. The maximum absolute atomic E-state index is 13.5. The lowest BCUT2D eigenvalue weighted by molar-refractivity contribution is -0.138. The summed E-state index contributed by atoms with van der Waals surface area (Å²) in [4.78, 5) is 24.5. The highest BCUT2D eigenvalue weighted by atomic mass is 19.4. The predicted molar refractivity (Wildman–Crippen MR) is 118 cm³/mol. The first-order valence-electron chi connectivity index (χ1n) is 10.1. The van der Waals surface area contributed by atoms with Crippen molar-refractivity contribution in [2.75, 3.05) is 12.4 Å². The first-order valence-corrected chi connectivity index (χ1v) is 10.1. The third kappa shape index (κ3) is 4.36. The van der Waals surface area contributed by atoms with Crippen molar-refractivity contribution < 1.29 is 27.2 Å². The van der Waals surface area contributed by atoms with E-state index in [2.05, 4.69) is 15.6 Å². The number of benzene rings is 2. The summed E-state index contributed by atoms with van der Waals surface area (Å²) in [5, 5.41) is 11.1. The normalized spacial score (nSPS) is 11.6. The number of hydrogen-bond acceptors (Lipinski definition) is 6. The summed E-state index contributed by atoms with van der Waals surface area (Å²) in [6.45, 7) is 2.72. The van der Waals surface area contributed by atoms with Crippen LogP contribution in [0.15, 0.2) is 51.8 Å². The molecule has 0 atom stereocenters. The monoisotopic (exact) mass is 472 g/mol. The van der Waals surface area contributed by atoms with E-state index in [0.29, 0.717) is 16.9 Å². The zero-order valence-corrected chi connectivity index (χ0v) is 18.4. The number of nitrogens with zero attached hydrogens (tertiary/aromatic N) is 3. The van der Waals surface area contributed by atoms with Gasteiger partial charge in [0.05, 0.1) is 24.9 Å². The Bertz CT molecular complexity index is 1460. The number of nitrogens with one attached hydrogen (secondary N) is 1. The number of ether oxygens (including phenoxy) is 1. The van der Waals surface area contributed by atoms with Gasteiger partial charge < -0.3 is 14.6 Å². The molecular formula is C23H19F3N4O4. The molecule has 2 heterocycles. The lowest BCUT2D eigenvalue weighted by Gasteiger charge is -2.14. The molecule has 34 heavy (non-hydrogen) atoms. The zero-order chi connectivity index (χ0) is 24.6. The number of methoxy groups -OCH3 is 1. The molecule has 2 aromatic heterocycles. The highest BCUT2D eigenvalue weighted by Gasteiger charge is 2.34. The minimum absolute atomic E-state index is 0.143. The van der Waals surface area contributed by atoms with Crippen LogP contribution in [0.25, 0.3) is 22.2 Å². The Balaban J connectivity index is 1.86. The van der Waals surface area contributed by atoms with Crippen molar-refractivity contribution in [1.29, 1.82) is 0 Å². The largest absolute Gasteiger partial charge is 0.496 e. The molecule has 1 amide bonds. The number of hydrogen-bond donors (Lipinski definition) is 1. The Morgan fingerprint density at radius 1 is 1.21 bits per heavy atom. The molecular weight excluding hydrogens is 453 g/mol. The highest BCUT2D eigenvalue weighted by Crippen LogP contribution is 2.37. The Hall–Kier alpha value is -4.15. The van der Waals surface area contributed by atoms with Gasteiger partial charge in [0.15, 0.2) is 0 Å². The fourth-order valence-electron chi connectivity index (χ4n) is 3.62. The van der Waals surface area contributed by atoms with Gasteiger partial charge in [-0.05, 0) is 36.8 Å². The summed E-state index contributed by atoms with van der Waals surface area (Å²) in [6.07, 6.45) is -4.63. The SMILES string of the molecule is COc1ccc(Cn2nc(-c3cccc(NC(C)=O)c3)c3onc(C)c3c2=O)cc1C(F)(F)F. The van der Waals surface area contributed by atoms with Crippen molar-refractivity contribution in [3.05, 3.63) is 69.6 Å². The molecule has 176 valence electrons. The van der Waals surface area contributed by atoms with Crippen LogP contribution in [0.3, 0.4) is 0 Å². The van der Waals surface area contributed by atoms with E-state index in [4.69, 9.17) is 9.26 Å². The molecule has 0 aliphatic heterocycles. The number of aryl methyl sites for hydroxylation is 1. The number of halogens is 3. The Kier molecular flexibility index (Phi) is 5.86. The van der Waals surface area contributed by atoms with E-state index >= 15 is 0 Å². The van der Waals surface area contributed by atoms with E-state index in [9.17, 15) is 22.8 Å². The van der Waals surface area contributed by atoms with Gasteiger partial charge in [-0.25, -0.2) is 4.68 Å². The summed E-state index contributed by atoms with van der Waals surface area (Å²) in [5.74, 6) is -0.590. The van der Waals surface area contributed by atoms with Crippen molar-refractivity contribution in [1.82, 2.24) is 14.9 Å². The molecule has 11 heteroatoms. The topological polar surface area (TPSA) is 99.2 Å². The number of anilines is 1. The number of alkyl halides is 3. The number of carbonyl (C=O) groups excluding carboxylic acids is 1. The number of rotatable bonds is 5. The quantitative estimate of drug-likeness (QED) is 0.463. The van der Waals surface area contributed by atoms with Gasteiger partial charge in [-0.15, -0.1) is 0 Å². The van der Waals surface area contributed by atoms with Crippen molar-refractivity contribution in [3.63, 3.8) is 0 Å². The highest BCUT2D eigenvalue weighted by molar-refractivity contribution is 5.93. The molecule has 0 radical (unpaired) electrons. The third-order valence-corrected chi connectivity index (χ3v) is 5.10. The van der Waals surface area contributed by atoms with E-state index in [1.54, 1.807) is 31.2 Å². The summed E-state index contributed by atoms with van der Waals surface area (Å²) in [5.41, 5.74) is 0.434. The lowest BCUT2D eigenvalue weighted by atomic mass is 10.1. The Morgan fingerprint density at radius 3 is 2.65 bits per heavy atom. The van der Waals surface area contributed by atoms with Crippen LogP contribution in [0.2, 0.25) is 0 Å². The first-order chi connectivity index (χ1) is 16.1. The van der Waals surface area contributed by atoms with Gasteiger partial charge in [-0.1, -0.05) is 23.4 Å². The molecule has 0 saturated heterocycles. The van der Waals surface area contributed by atoms with Crippen molar-refractivity contribution >= 4 is 22.6 Å². The maximum atomic E-state index is 13.5. The Morgan fingerprint density at radius 2 is 1.97 bits per heavy atom. The van der Waals surface area contributed by atoms with Crippen molar-refractivity contribution in [3.8, 4) is 17.0 Å². The molecule has 4 rings (SSSR count). The standard InChI is InChI=1S/C23H19F3N4O4/c1-12-19-21(34-29-12)20(15-5-4-6-16(10-15)27-13(2)31)28-30(22(19)32)11-14-7-8-18(33-3)17(9-14)23(24,25)26/h4-10H,11H2,1-3H3,(H,27,31).